The van der Waals surface area contributed by atoms with Crippen molar-refractivity contribution in [2.24, 2.45) is 0 Å². The van der Waals surface area contributed by atoms with Crippen molar-refractivity contribution in [1.29, 1.82) is 0 Å². The molecule has 0 bridgehead atoms. The van der Waals surface area contributed by atoms with E-state index in [1.807, 2.05) is 0 Å². The highest BCUT2D eigenvalue weighted by atomic mass is 35.5. The maximum absolute atomic E-state index is 13.8. The lowest BCUT2D eigenvalue weighted by Gasteiger charge is -2.23. The largest absolute Gasteiger partial charge is 0.488 e. The Kier molecular flexibility index (Phi) is 6.57. The van der Waals surface area contributed by atoms with Crippen molar-refractivity contribution in [3.8, 4) is 11.4 Å². The van der Waals surface area contributed by atoms with Crippen LogP contribution in [0.5, 0.6) is 5.75 Å². The van der Waals surface area contributed by atoms with Crippen LogP contribution in [0.2, 0.25) is 10.0 Å². The van der Waals surface area contributed by atoms with Crippen molar-refractivity contribution in [1.82, 2.24) is 14.8 Å². The predicted molar refractivity (Wildman–Crippen MR) is 116 cm³/mol. The van der Waals surface area contributed by atoms with Gasteiger partial charge < -0.3 is 14.6 Å². The second-order valence-electron chi connectivity index (χ2n) is 7.28. The Morgan fingerprint density at radius 3 is 2.68 bits per heavy atom. The van der Waals surface area contributed by atoms with E-state index < -0.39 is 36.6 Å². The van der Waals surface area contributed by atoms with Gasteiger partial charge in [-0.2, -0.15) is 13.2 Å². The van der Waals surface area contributed by atoms with Crippen LogP contribution in [0.4, 0.5) is 13.2 Å². The Labute approximate surface area is 201 Å². The average Bonchev–Trinajstić information content (AvgIpc) is 3.17. The molecule has 7 nitrogen and oxygen atoms in total. The molecular weight excluding hydrogens is 498 g/mol. The lowest BCUT2D eigenvalue weighted by Crippen LogP contribution is -2.17. The molecule has 0 radical (unpaired) electrons. The molecule has 1 N–H and O–H groups in total. The maximum atomic E-state index is 13.8. The summed E-state index contributed by atoms with van der Waals surface area (Å²) in [4.78, 5) is 11.6. The summed E-state index contributed by atoms with van der Waals surface area (Å²) in [5.41, 5.74) is 0.590. The Morgan fingerprint density at radius 1 is 1.24 bits per heavy atom. The van der Waals surface area contributed by atoms with Crippen LogP contribution in [0.3, 0.4) is 0 Å². The van der Waals surface area contributed by atoms with Gasteiger partial charge >= 0.3 is 12.1 Å². The number of hydrogen-bond acceptors (Lipinski definition) is 5. The number of hydrogen-bond donors (Lipinski definition) is 1. The number of fused-ring (bicyclic) bond motifs is 3. The zero-order valence-electron chi connectivity index (χ0n) is 17.2. The van der Waals surface area contributed by atoms with Crippen LogP contribution >= 0.6 is 23.2 Å². The van der Waals surface area contributed by atoms with Crippen LogP contribution in [0.15, 0.2) is 49.1 Å². The summed E-state index contributed by atoms with van der Waals surface area (Å²) in [5, 5.41) is 16.7. The Balaban J connectivity index is 1.98. The molecule has 0 aliphatic carbocycles. The molecule has 2 unspecified atom stereocenters. The third kappa shape index (κ3) is 4.48. The number of benzene rings is 2. The number of carboxylic acids is 1. The molecule has 0 saturated carbocycles. The quantitative estimate of drug-likeness (QED) is 0.419. The van der Waals surface area contributed by atoms with Crippen molar-refractivity contribution in [2.45, 2.75) is 24.8 Å². The number of rotatable bonds is 6. The molecule has 2 atom stereocenters. The van der Waals surface area contributed by atoms with E-state index in [0.29, 0.717) is 11.3 Å². The summed E-state index contributed by atoms with van der Waals surface area (Å²) in [6, 6.07) is 9.05. The normalized spacial score (nSPS) is 17.4. The van der Waals surface area contributed by atoms with E-state index in [1.165, 1.54) is 24.3 Å². The number of carboxylic acid groups (broad SMARTS) is 1. The molecule has 1 aliphatic rings. The Bertz CT molecular complexity index is 1260. The lowest BCUT2D eigenvalue weighted by atomic mass is 9.99. The van der Waals surface area contributed by atoms with Gasteiger partial charge in [-0.25, -0.2) is 0 Å². The molecule has 0 saturated heterocycles. The lowest BCUT2D eigenvalue weighted by molar-refractivity contribution is -0.146. The minimum atomic E-state index is -4.87. The SMILES string of the molecule is C=CCOc1cccc(C2OC(CC(=O)O)c3nnc(C(F)(F)F)n3-c3ccc(Cl)cc32)c1Cl. The molecule has 0 fully saturated rings. The second-order valence-corrected chi connectivity index (χ2v) is 8.09. The number of halogens is 5. The zero-order chi connectivity index (χ0) is 24.6. The van der Waals surface area contributed by atoms with Gasteiger partial charge in [0.05, 0.1) is 17.1 Å². The third-order valence-corrected chi connectivity index (χ3v) is 5.67. The monoisotopic (exact) mass is 513 g/mol. The van der Waals surface area contributed by atoms with Gasteiger partial charge in [0.1, 0.15) is 24.6 Å². The molecule has 3 aromatic rings. The van der Waals surface area contributed by atoms with Gasteiger partial charge in [-0.15, -0.1) is 10.2 Å². The molecule has 2 aromatic carbocycles. The van der Waals surface area contributed by atoms with Gasteiger partial charge in [0, 0.05) is 16.1 Å². The van der Waals surface area contributed by atoms with Crippen molar-refractivity contribution < 1.29 is 32.5 Å². The first-order valence-corrected chi connectivity index (χ1v) is 10.6. The van der Waals surface area contributed by atoms with E-state index in [4.69, 9.17) is 32.7 Å². The standard InChI is InChI=1S/C22H16Cl2F3N3O4/c1-2-8-33-15-5-3-4-12(18(15)24)19-13-9-11(23)6-7-14(13)30-20(16(34-19)10-17(31)32)28-29-21(30)22(25,26)27/h2-7,9,16,19H,1,8,10H2,(H,31,32). The van der Waals surface area contributed by atoms with Gasteiger partial charge in [0.2, 0.25) is 5.82 Å². The fourth-order valence-electron chi connectivity index (χ4n) is 3.69. The van der Waals surface area contributed by atoms with Gasteiger partial charge in [-0.3, -0.25) is 9.36 Å². The van der Waals surface area contributed by atoms with Crippen molar-refractivity contribution in [2.75, 3.05) is 6.61 Å². The first-order valence-electron chi connectivity index (χ1n) is 9.83. The van der Waals surface area contributed by atoms with E-state index in [9.17, 15) is 23.1 Å². The first kappa shape index (κ1) is 24.1. The fraction of sp³-hybridized carbons (Fsp3) is 0.227. The smallest absolute Gasteiger partial charge is 0.452 e. The van der Waals surface area contributed by atoms with Crippen LogP contribution in [0.1, 0.15) is 41.4 Å². The fourth-order valence-corrected chi connectivity index (χ4v) is 4.15. The van der Waals surface area contributed by atoms with Crippen LogP contribution in [0.25, 0.3) is 5.69 Å². The van der Waals surface area contributed by atoms with Gasteiger partial charge in [-0.05, 0) is 24.3 Å². The highest BCUT2D eigenvalue weighted by molar-refractivity contribution is 6.33. The van der Waals surface area contributed by atoms with Crippen LogP contribution < -0.4 is 4.74 Å². The van der Waals surface area contributed by atoms with E-state index in [-0.39, 0.29) is 33.7 Å². The highest BCUT2D eigenvalue weighted by Gasteiger charge is 2.43. The van der Waals surface area contributed by atoms with Gasteiger partial charge in [0.25, 0.3) is 0 Å². The highest BCUT2D eigenvalue weighted by Crippen LogP contribution is 2.46. The van der Waals surface area contributed by atoms with Gasteiger partial charge in [0.15, 0.2) is 5.82 Å². The summed E-state index contributed by atoms with van der Waals surface area (Å²) in [5.74, 6) is -2.64. The number of nitrogens with zero attached hydrogens (tertiary/aromatic N) is 3. The average molecular weight is 514 g/mol. The van der Waals surface area contributed by atoms with Crippen molar-refractivity contribution in [3.63, 3.8) is 0 Å². The third-order valence-electron chi connectivity index (χ3n) is 5.04. The van der Waals surface area contributed by atoms with Crippen molar-refractivity contribution >= 4 is 29.2 Å². The molecule has 12 heteroatoms. The number of aliphatic carboxylic acids is 1. The minimum Gasteiger partial charge on any atom is -0.488 e. The van der Waals surface area contributed by atoms with E-state index in [0.717, 1.165) is 4.57 Å². The van der Waals surface area contributed by atoms with Crippen LogP contribution in [0, 0.1) is 0 Å². The molecule has 4 rings (SSSR count). The van der Waals surface area contributed by atoms with Crippen molar-refractivity contribution in [3.05, 3.63) is 81.9 Å². The molecule has 0 spiro atoms. The minimum absolute atomic E-state index is 0.0306. The van der Waals surface area contributed by atoms with E-state index in [2.05, 4.69) is 16.8 Å². The predicted octanol–water partition coefficient (Wildman–Crippen LogP) is 5.79. The Morgan fingerprint density at radius 2 is 2.00 bits per heavy atom. The Hall–Kier alpha value is -3.08. The molecular formula is C22H16Cl2F3N3O4. The number of alkyl halides is 3. The first-order chi connectivity index (χ1) is 16.1. The summed E-state index contributed by atoms with van der Waals surface area (Å²) >= 11 is 12.8. The molecule has 1 aromatic heterocycles. The number of carbonyl (C=O) groups is 1. The summed E-state index contributed by atoms with van der Waals surface area (Å²) in [6.07, 6.45) is -6.50. The van der Waals surface area contributed by atoms with Gasteiger partial charge in [-0.1, -0.05) is 48.0 Å². The zero-order valence-corrected chi connectivity index (χ0v) is 18.7. The summed E-state index contributed by atoms with van der Waals surface area (Å²) in [7, 11) is 0. The molecule has 2 heterocycles. The summed E-state index contributed by atoms with van der Waals surface area (Å²) < 4.78 is 53.8. The topological polar surface area (TPSA) is 86.5 Å². The summed E-state index contributed by atoms with van der Waals surface area (Å²) in [6.45, 7) is 3.74. The maximum Gasteiger partial charge on any atom is 0.452 e. The van der Waals surface area contributed by atoms with E-state index in [1.54, 1.807) is 18.2 Å². The van der Waals surface area contributed by atoms with Crippen LogP contribution in [-0.4, -0.2) is 32.4 Å². The second kappa shape index (κ2) is 9.28. The van der Waals surface area contributed by atoms with E-state index >= 15 is 0 Å². The molecule has 178 valence electrons. The molecule has 0 amide bonds. The molecule has 34 heavy (non-hydrogen) atoms. The number of ether oxygens (including phenoxy) is 2. The van der Waals surface area contributed by atoms with Crippen LogP contribution in [-0.2, 0) is 15.7 Å². The molecule has 1 aliphatic heterocycles. The number of aromatic nitrogens is 3.